The predicted molar refractivity (Wildman–Crippen MR) is 46.6 cm³/mol. The van der Waals surface area contributed by atoms with Crippen molar-refractivity contribution in [3.8, 4) is 0 Å². The molecule has 0 radical (unpaired) electrons. The molecule has 0 amide bonds. The Morgan fingerprint density at radius 1 is 0.929 bits per heavy atom. The number of hydrogen-bond acceptors (Lipinski definition) is 6. The molecule has 0 atom stereocenters. The lowest BCUT2D eigenvalue weighted by molar-refractivity contribution is -0.345. The van der Waals surface area contributed by atoms with Crippen molar-refractivity contribution in [3.63, 3.8) is 0 Å². The highest BCUT2D eigenvalue weighted by atomic mass is 16.4. The van der Waals surface area contributed by atoms with Gasteiger partial charge in [-0.05, 0) is 12.8 Å². The third-order valence-electron chi connectivity index (χ3n) is 1.04. The van der Waals surface area contributed by atoms with Crippen LogP contribution in [0.1, 0.15) is 26.7 Å². The highest BCUT2D eigenvalue weighted by molar-refractivity contribution is 6.25. The first-order valence-corrected chi connectivity index (χ1v) is 4.44. The molecule has 0 saturated heterocycles. The summed E-state index contributed by atoms with van der Waals surface area (Å²) in [5.74, 6) is -4.37. The zero-order valence-corrected chi connectivity index (χ0v) is 8.46. The minimum absolute atomic E-state index is 1.07. The fourth-order valence-electron chi connectivity index (χ4n) is 0.427. The normalized spacial score (nSPS) is 8.71. The molecule has 0 saturated carbocycles. The zero-order valence-electron chi connectivity index (χ0n) is 8.46. The Hall–Kier alpha value is -1.14. The Morgan fingerprint density at radius 3 is 1.36 bits per heavy atom. The zero-order chi connectivity index (χ0) is 11.4. The Bertz CT molecular complexity index is 143. The minimum Gasteiger partial charge on any atom is -0.543 e. The van der Waals surface area contributed by atoms with Crippen molar-refractivity contribution in [1.29, 1.82) is 0 Å². The molecular formula is C8H16N2O4-2. The molecule has 2 N–H and O–H groups in total. The van der Waals surface area contributed by atoms with Gasteiger partial charge in [-0.1, -0.05) is 13.8 Å². The molecule has 84 valence electrons. The van der Waals surface area contributed by atoms with E-state index >= 15 is 0 Å². The van der Waals surface area contributed by atoms with Gasteiger partial charge in [-0.25, -0.2) is 0 Å². The van der Waals surface area contributed by atoms with E-state index in [0.717, 1.165) is 13.1 Å². The van der Waals surface area contributed by atoms with Crippen LogP contribution in [0.5, 0.6) is 0 Å². The smallest absolute Gasteiger partial charge is 0.0870 e. The van der Waals surface area contributed by atoms with E-state index in [4.69, 9.17) is 19.8 Å². The quantitative estimate of drug-likeness (QED) is 0.289. The van der Waals surface area contributed by atoms with Gasteiger partial charge in [0.1, 0.15) is 0 Å². The number of aliphatic carboxylic acids is 2. The molecule has 0 fully saturated rings. The third-order valence-corrected chi connectivity index (χ3v) is 1.04. The molecule has 0 spiro atoms. The van der Waals surface area contributed by atoms with Gasteiger partial charge in [0, 0.05) is 13.1 Å². The van der Waals surface area contributed by atoms with Gasteiger partial charge in [0.05, 0.1) is 11.9 Å². The SMILES string of the molecule is CCCNNCCC.O=C([O-])C(=O)[O-]. The number of carboxylic acid groups (broad SMARTS) is 2. The van der Waals surface area contributed by atoms with Gasteiger partial charge in [0.15, 0.2) is 0 Å². The average molecular weight is 204 g/mol. The first kappa shape index (κ1) is 15.3. The highest BCUT2D eigenvalue weighted by Gasteiger charge is 1.78. The van der Waals surface area contributed by atoms with E-state index in [-0.39, 0.29) is 0 Å². The summed E-state index contributed by atoms with van der Waals surface area (Å²) in [5, 5.41) is 17.9. The number of carboxylic acids is 2. The second-order valence-electron chi connectivity index (χ2n) is 2.43. The fraction of sp³-hybridized carbons (Fsp3) is 0.750. The molecule has 0 aliphatic carbocycles. The Kier molecular flexibility index (Phi) is 13.0. The monoisotopic (exact) mass is 204 g/mol. The van der Waals surface area contributed by atoms with Gasteiger partial charge < -0.3 is 19.8 Å². The largest absolute Gasteiger partial charge is 0.543 e. The summed E-state index contributed by atoms with van der Waals surface area (Å²) >= 11 is 0. The van der Waals surface area contributed by atoms with Crippen LogP contribution < -0.4 is 21.1 Å². The molecule has 0 heterocycles. The van der Waals surface area contributed by atoms with Crippen LogP contribution in [0.4, 0.5) is 0 Å². The molecule has 0 aliphatic heterocycles. The van der Waals surface area contributed by atoms with Crippen molar-refractivity contribution in [2.75, 3.05) is 13.1 Å². The van der Waals surface area contributed by atoms with Crippen molar-refractivity contribution in [3.05, 3.63) is 0 Å². The Morgan fingerprint density at radius 2 is 1.21 bits per heavy atom. The lowest BCUT2D eigenvalue weighted by Gasteiger charge is -2.01. The summed E-state index contributed by atoms with van der Waals surface area (Å²) in [6.45, 7) is 6.45. The molecule has 0 aromatic heterocycles. The summed E-state index contributed by atoms with van der Waals surface area (Å²) in [7, 11) is 0. The summed E-state index contributed by atoms with van der Waals surface area (Å²) < 4.78 is 0. The van der Waals surface area contributed by atoms with Crippen LogP contribution in [0, 0.1) is 0 Å². The number of rotatable bonds is 5. The van der Waals surface area contributed by atoms with E-state index in [1.165, 1.54) is 12.8 Å². The number of hydrazine groups is 1. The third kappa shape index (κ3) is 17.1. The van der Waals surface area contributed by atoms with Crippen LogP contribution in [0.15, 0.2) is 0 Å². The van der Waals surface area contributed by atoms with Gasteiger partial charge >= 0.3 is 0 Å². The van der Waals surface area contributed by atoms with Crippen LogP contribution in [-0.2, 0) is 9.59 Å². The number of nitrogens with one attached hydrogen (secondary N) is 2. The molecule has 0 aliphatic rings. The van der Waals surface area contributed by atoms with Crippen LogP contribution >= 0.6 is 0 Å². The van der Waals surface area contributed by atoms with E-state index in [1.807, 2.05) is 0 Å². The molecule has 0 bridgehead atoms. The topological polar surface area (TPSA) is 104 Å². The summed E-state index contributed by atoms with van der Waals surface area (Å²) in [4.78, 5) is 17.9. The molecule has 6 nitrogen and oxygen atoms in total. The van der Waals surface area contributed by atoms with E-state index < -0.39 is 11.9 Å². The number of carbonyl (C=O) groups is 2. The summed E-state index contributed by atoms with van der Waals surface area (Å²) in [5.41, 5.74) is 6.17. The average Bonchev–Trinajstić information content (AvgIpc) is 2.13. The maximum atomic E-state index is 8.93. The van der Waals surface area contributed by atoms with Crippen LogP contribution in [0.2, 0.25) is 0 Å². The van der Waals surface area contributed by atoms with E-state index in [9.17, 15) is 0 Å². The van der Waals surface area contributed by atoms with Crippen molar-refractivity contribution < 1.29 is 19.8 Å². The maximum Gasteiger partial charge on any atom is 0.0870 e. The molecule has 0 rings (SSSR count). The standard InChI is InChI=1S/C6H16N2.C2H2O4/c1-3-5-7-8-6-4-2;3-1(4)2(5)6/h7-8H,3-6H2,1-2H3;(H,3,4)(H,5,6)/p-2. The lowest BCUT2D eigenvalue weighted by atomic mass is 10.5. The minimum atomic E-state index is -2.19. The predicted octanol–water partition coefficient (Wildman–Crippen LogP) is -2.61. The van der Waals surface area contributed by atoms with Gasteiger partial charge in [-0.15, -0.1) is 0 Å². The van der Waals surface area contributed by atoms with Crippen molar-refractivity contribution in [1.82, 2.24) is 10.9 Å². The first-order chi connectivity index (χ1) is 6.56. The van der Waals surface area contributed by atoms with Crippen LogP contribution in [-0.4, -0.2) is 25.0 Å². The van der Waals surface area contributed by atoms with Gasteiger partial charge in [-0.2, -0.15) is 0 Å². The fourth-order valence-corrected chi connectivity index (χ4v) is 0.427. The molecule has 0 unspecified atom stereocenters. The van der Waals surface area contributed by atoms with E-state index in [1.54, 1.807) is 0 Å². The maximum absolute atomic E-state index is 8.93. The van der Waals surface area contributed by atoms with Crippen LogP contribution in [0.25, 0.3) is 0 Å². The number of carbonyl (C=O) groups excluding carboxylic acids is 2. The molecular weight excluding hydrogens is 188 g/mol. The van der Waals surface area contributed by atoms with Crippen molar-refractivity contribution >= 4 is 11.9 Å². The number of hydrogen-bond donors (Lipinski definition) is 2. The molecule has 0 aromatic carbocycles. The van der Waals surface area contributed by atoms with E-state index in [2.05, 4.69) is 24.7 Å². The van der Waals surface area contributed by atoms with Crippen molar-refractivity contribution in [2.45, 2.75) is 26.7 Å². The van der Waals surface area contributed by atoms with Crippen LogP contribution in [0.3, 0.4) is 0 Å². The second-order valence-corrected chi connectivity index (χ2v) is 2.43. The first-order valence-electron chi connectivity index (χ1n) is 4.44. The van der Waals surface area contributed by atoms with Gasteiger partial charge in [0.25, 0.3) is 0 Å². The molecule has 0 aromatic rings. The molecule has 6 heteroatoms. The Labute approximate surface area is 83.3 Å². The molecule has 14 heavy (non-hydrogen) atoms. The second kappa shape index (κ2) is 11.9. The summed E-state index contributed by atoms with van der Waals surface area (Å²) in [6, 6.07) is 0. The van der Waals surface area contributed by atoms with Gasteiger partial charge in [-0.3, -0.25) is 10.9 Å². The van der Waals surface area contributed by atoms with E-state index in [0.29, 0.717) is 0 Å². The van der Waals surface area contributed by atoms with Crippen molar-refractivity contribution in [2.24, 2.45) is 0 Å². The van der Waals surface area contributed by atoms with Gasteiger partial charge in [0.2, 0.25) is 0 Å². The Balaban J connectivity index is 0. The highest BCUT2D eigenvalue weighted by Crippen LogP contribution is 1.68. The summed E-state index contributed by atoms with van der Waals surface area (Å²) in [6.07, 6.45) is 2.38. The lowest BCUT2D eigenvalue weighted by Crippen LogP contribution is -2.42.